The van der Waals surface area contributed by atoms with Crippen molar-refractivity contribution in [3.05, 3.63) is 94.2 Å². The van der Waals surface area contributed by atoms with Crippen molar-refractivity contribution in [2.75, 3.05) is 6.54 Å². The molecule has 0 radical (unpaired) electrons. The lowest BCUT2D eigenvalue weighted by Crippen LogP contribution is -2.44. The summed E-state index contributed by atoms with van der Waals surface area (Å²) in [4.78, 5) is 37.2. The van der Waals surface area contributed by atoms with Crippen molar-refractivity contribution < 1.29 is 14.4 Å². The fourth-order valence-electron chi connectivity index (χ4n) is 2.73. The highest BCUT2D eigenvalue weighted by molar-refractivity contribution is 7.10. The minimum atomic E-state index is -0.844. The van der Waals surface area contributed by atoms with Crippen LogP contribution in [0, 0.1) is 0 Å². The number of rotatable bonds is 7. The number of hydrogen-bond donors (Lipinski definition) is 3. The van der Waals surface area contributed by atoms with Crippen LogP contribution in [-0.2, 0) is 20.9 Å². The van der Waals surface area contributed by atoms with Crippen molar-refractivity contribution in [1.29, 1.82) is 0 Å². The molecule has 3 rings (SSSR count). The molecule has 0 aliphatic carbocycles. The van der Waals surface area contributed by atoms with Gasteiger partial charge in [0.25, 0.3) is 0 Å². The predicted octanol–water partition coefficient (Wildman–Crippen LogP) is 2.39. The fourth-order valence-corrected chi connectivity index (χ4v) is 3.53. The van der Waals surface area contributed by atoms with Crippen LogP contribution in [0.1, 0.15) is 22.0 Å². The topological polar surface area (TPSA) is 87.3 Å². The number of carbonyl (C=O) groups excluding carboxylic acids is 3. The Morgan fingerprint density at radius 1 is 0.793 bits per heavy atom. The lowest BCUT2D eigenvalue weighted by atomic mass is 10.1. The minimum Gasteiger partial charge on any atom is -0.344 e. The van der Waals surface area contributed by atoms with Gasteiger partial charge in [0.2, 0.25) is 5.91 Å². The van der Waals surface area contributed by atoms with E-state index in [4.69, 9.17) is 0 Å². The Morgan fingerprint density at radius 2 is 1.45 bits per heavy atom. The summed E-state index contributed by atoms with van der Waals surface area (Å²) in [5.41, 5.74) is 1.82. The first-order chi connectivity index (χ1) is 14.1. The third-order valence-electron chi connectivity index (χ3n) is 4.18. The third-order valence-corrected chi connectivity index (χ3v) is 5.11. The molecule has 0 spiro atoms. The molecular weight excluding hydrogens is 386 g/mol. The molecule has 0 aliphatic rings. The summed E-state index contributed by atoms with van der Waals surface area (Å²) in [7, 11) is 0. The van der Waals surface area contributed by atoms with Gasteiger partial charge in [-0.25, -0.2) is 0 Å². The summed E-state index contributed by atoms with van der Waals surface area (Å²) in [6.07, 6.45) is 0. The molecule has 0 saturated heterocycles. The number of carbonyl (C=O) groups is 3. The summed E-state index contributed by atoms with van der Waals surface area (Å²) < 4.78 is 0. The zero-order valence-electron chi connectivity index (χ0n) is 15.6. The predicted molar refractivity (Wildman–Crippen MR) is 112 cm³/mol. The van der Waals surface area contributed by atoms with Gasteiger partial charge in [-0.05, 0) is 22.6 Å². The second-order valence-electron chi connectivity index (χ2n) is 6.28. The van der Waals surface area contributed by atoms with E-state index in [0.717, 1.165) is 16.0 Å². The Hall–Kier alpha value is -3.45. The van der Waals surface area contributed by atoms with Crippen molar-refractivity contribution >= 4 is 29.1 Å². The molecular formula is C22H21N3O3S. The van der Waals surface area contributed by atoms with Gasteiger partial charge in [0, 0.05) is 11.4 Å². The number of thiophene rings is 1. The smallest absolute Gasteiger partial charge is 0.309 e. The Bertz CT molecular complexity index is 944. The van der Waals surface area contributed by atoms with Crippen LogP contribution in [0.3, 0.4) is 0 Å². The summed E-state index contributed by atoms with van der Waals surface area (Å²) in [6.45, 7) is -0.0416. The van der Waals surface area contributed by atoms with Gasteiger partial charge in [-0.15, -0.1) is 11.3 Å². The van der Waals surface area contributed by atoms with Crippen molar-refractivity contribution in [1.82, 2.24) is 16.0 Å². The molecule has 0 fully saturated rings. The van der Waals surface area contributed by atoms with E-state index in [9.17, 15) is 14.4 Å². The molecule has 2 aromatic carbocycles. The van der Waals surface area contributed by atoms with Gasteiger partial charge >= 0.3 is 11.8 Å². The van der Waals surface area contributed by atoms with Gasteiger partial charge in [-0.3, -0.25) is 14.4 Å². The summed E-state index contributed by atoms with van der Waals surface area (Å²) >= 11 is 1.54. The van der Waals surface area contributed by atoms with E-state index in [1.165, 1.54) is 11.3 Å². The molecule has 0 saturated carbocycles. The average molecular weight is 407 g/mol. The Kier molecular flexibility index (Phi) is 7.13. The maximum absolute atomic E-state index is 12.4. The van der Waals surface area contributed by atoms with Gasteiger partial charge in [-0.1, -0.05) is 66.7 Å². The number of nitrogens with one attached hydrogen (secondary N) is 3. The first kappa shape index (κ1) is 20.3. The zero-order valence-corrected chi connectivity index (χ0v) is 16.4. The van der Waals surface area contributed by atoms with Crippen molar-refractivity contribution in [3.63, 3.8) is 0 Å². The zero-order chi connectivity index (χ0) is 20.5. The molecule has 1 atom stereocenters. The largest absolute Gasteiger partial charge is 0.344 e. The van der Waals surface area contributed by atoms with Gasteiger partial charge in [0.15, 0.2) is 0 Å². The maximum atomic E-state index is 12.4. The second-order valence-corrected chi connectivity index (χ2v) is 7.26. The van der Waals surface area contributed by atoms with Crippen molar-refractivity contribution in [2.45, 2.75) is 12.6 Å². The van der Waals surface area contributed by atoms with E-state index in [0.29, 0.717) is 0 Å². The lowest BCUT2D eigenvalue weighted by Gasteiger charge is -2.18. The molecule has 0 unspecified atom stereocenters. The Morgan fingerprint density at radius 3 is 2.10 bits per heavy atom. The quantitative estimate of drug-likeness (QED) is 0.526. The van der Waals surface area contributed by atoms with Gasteiger partial charge in [0.1, 0.15) is 0 Å². The number of amides is 3. The Balaban J connectivity index is 1.51. The Labute approximate surface area is 173 Å². The van der Waals surface area contributed by atoms with Gasteiger partial charge < -0.3 is 16.0 Å². The SMILES string of the molecule is O=C(CNC(=O)C(=O)NCc1ccccc1)N[C@H](c1ccccc1)c1cccs1. The summed E-state index contributed by atoms with van der Waals surface area (Å²) in [5.74, 6) is -2.00. The normalized spacial score (nSPS) is 11.3. The van der Waals surface area contributed by atoms with Crippen LogP contribution in [0.15, 0.2) is 78.2 Å². The van der Waals surface area contributed by atoms with Gasteiger partial charge in [-0.2, -0.15) is 0 Å². The molecule has 1 heterocycles. The second kappa shape index (κ2) is 10.2. The third kappa shape index (κ3) is 6.02. The highest BCUT2D eigenvalue weighted by atomic mass is 32.1. The molecule has 148 valence electrons. The molecule has 29 heavy (non-hydrogen) atoms. The van der Waals surface area contributed by atoms with Crippen molar-refractivity contribution in [3.8, 4) is 0 Å². The molecule has 0 aliphatic heterocycles. The molecule has 3 aromatic rings. The van der Waals surface area contributed by atoms with E-state index in [2.05, 4.69) is 16.0 Å². The first-order valence-electron chi connectivity index (χ1n) is 9.11. The van der Waals surface area contributed by atoms with E-state index in [1.807, 2.05) is 78.2 Å². The fraction of sp³-hybridized carbons (Fsp3) is 0.136. The van der Waals surface area contributed by atoms with Crippen LogP contribution in [0.4, 0.5) is 0 Å². The van der Waals surface area contributed by atoms with Crippen molar-refractivity contribution in [2.24, 2.45) is 0 Å². The maximum Gasteiger partial charge on any atom is 0.309 e. The van der Waals surface area contributed by atoms with E-state index < -0.39 is 11.8 Å². The van der Waals surface area contributed by atoms with E-state index in [-0.39, 0.29) is 25.0 Å². The first-order valence-corrected chi connectivity index (χ1v) is 9.99. The van der Waals surface area contributed by atoms with E-state index in [1.54, 1.807) is 0 Å². The van der Waals surface area contributed by atoms with Crippen LogP contribution >= 0.6 is 11.3 Å². The molecule has 1 aromatic heterocycles. The van der Waals surface area contributed by atoms with Crippen LogP contribution < -0.4 is 16.0 Å². The van der Waals surface area contributed by atoms with Crippen LogP contribution in [-0.4, -0.2) is 24.3 Å². The lowest BCUT2D eigenvalue weighted by molar-refractivity contribution is -0.139. The number of benzene rings is 2. The molecule has 0 bridgehead atoms. The van der Waals surface area contributed by atoms with E-state index >= 15 is 0 Å². The number of hydrogen-bond acceptors (Lipinski definition) is 4. The molecule has 3 amide bonds. The van der Waals surface area contributed by atoms with Gasteiger partial charge in [0.05, 0.1) is 12.6 Å². The summed E-state index contributed by atoms with van der Waals surface area (Å²) in [6, 6.07) is 22.4. The molecule has 6 nitrogen and oxygen atoms in total. The van der Waals surface area contributed by atoms with Crippen LogP contribution in [0.5, 0.6) is 0 Å². The average Bonchev–Trinajstić information content (AvgIpc) is 3.30. The minimum absolute atomic E-state index is 0.244. The highest BCUT2D eigenvalue weighted by Crippen LogP contribution is 2.25. The van der Waals surface area contributed by atoms with Crippen LogP contribution in [0.25, 0.3) is 0 Å². The van der Waals surface area contributed by atoms with Crippen LogP contribution in [0.2, 0.25) is 0 Å². The monoisotopic (exact) mass is 407 g/mol. The standard InChI is InChI=1S/C22H21N3O3S/c26-19(15-24-22(28)21(27)23-14-16-8-3-1-4-9-16)25-20(18-12-7-13-29-18)17-10-5-2-6-11-17/h1-13,20H,14-15H2,(H,23,27)(H,24,28)(H,25,26)/t20-/m1/s1. The summed E-state index contributed by atoms with van der Waals surface area (Å²) in [5, 5.41) is 9.75. The molecule has 7 heteroatoms. The molecule has 3 N–H and O–H groups in total. The highest BCUT2D eigenvalue weighted by Gasteiger charge is 2.19.